The molecule has 0 amide bonds. The maximum absolute atomic E-state index is 12.6. The predicted octanol–water partition coefficient (Wildman–Crippen LogP) is 2.39. The van der Waals surface area contributed by atoms with Gasteiger partial charge in [-0.2, -0.15) is 18.2 Å². The number of aliphatic hydroxyl groups excluding tert-OH is 1. The molecule has 1 fully saturated rings. The first kappa shape index (κ1) is 17.8. The van der Waals surface area contributed by atoms with E-state index >= 15 is 0 Å². The zero-order valence-corrected chi connectivity index (χ0v) is 13.3. The first-order valence-corrected chi connectivity index (χ1v) is 7.86. The van der Waals surface area contributed by atoms with Gasteiger partial charge in [0.2, 0.25) is 11.7 Å². The predicted molar refractivity (Wildman–Crippen MR) is 81.4 cm³/mol. The summed E-state index contributed by atoms with van der Waals surface area (Å²) in [5.41, 5.74) is -0.738. The highest BCUT2D eigenvalue weighted by Crippen LogP contribution is 2.30. The maximum atomic E-state index is 12.6. The van der Waals surface area contributed by atoms with Gasteiger partial charge in [0, 0.05) is 24.3 Å². The Morgan fingerprint density at radius 3 is 2.44 bits per heavy atom. The van der Waals surface area contributed by atoms with Gasteiger partial charge in [0.25, 0.3) is 0 Å². The molecular formula is C16H18F3N3O3. The first-order chi connectivity index (χ1) is 11.9. The third kappa shape index (κ3) is 4.17. The summed E-state index contributed by atoms with van der Waals surface area (Å²) in [6, 6.07) is 4.57. The van der Waals surface area contributed by atoms with Crippen LogP contribution < -0.4 is 5.32 Å². The van der Waals surface area contributed by atoms with Crippen molar-refractivity contribution in [3.63, 3.8) is 0 Å². The molecule has 0 bridgehead atoms. The smallest absolute Gasteiger partial charge is 0.394 e. The molecule has 2 N–H and O–H groups in total. The van der Waals surface area contributed by atoms with Crippen LogP contribution in [0.4, 0.5) is 13.2 Å². The molecule has 1 aliphatic rings. The van der Waals surface area contributed by atoms with Crippen LogP contribution in [0, 0.1) is 0 Å². The van der Waals surface area contributed by atoms with Gasteiger partial charge in [0.1, 0.15) is 0 Å². The van der Waals surface area contributed by atoms with E-state index in [0.717, 1.165) is 12.1 Å². The van der Waals surface area contributed by atoms with Crippen LogP contribution in [0.15, 0.2) is 28.8 Å². The van der Waals surface area contributed by atoms with Crippen molar-refractivity contribution in [2.45, 2.75) is 31.1 Å². The molecule has 6 nitrogen and oxygen atoms in total. The van der Waals surface area contributed by atoms with Crippen molar-refractivity contribution in [2.24, 2.45) is 0 Å². The monoisotopic (exact) mass is 357 g/mol. The zero-order chi connectivity index (χ0) is 17.9. The number of nitrogens with one attached hydrogen (secondary N) is 1. The number of aromatic nitrogens is 2. The second-order valence-electron chi connectivity index (χ2n) is 5.99. The molecule has 25 heavy (non-hydrogen) atoms. The molecule has 3 rings (SSSR count). The number of rotatable bonds is 5. The summed E-state index contributed by atoms with van der Waals surface area (Å²) in [4.78, 5) is 4.19. The number of alkyl halides is 3. The van der Waals surface area contributed by atoms with Crippen molar-refractivity contribution in [1.82, 2.24) is 15.5 Å². The summed E-state index contributed by atoms with van der Waals surface area (Å²) in [5.74, 6) is 0.518. The van der Waals surface area contributed by atoms with Crippen LogP contribution in [0.5, 0.6) is 0 Å². The highest BCUT2D eigenvalue weighted by molar-refractivity contribution is 5.54. The third-order valence-electron chi connectivity index (χ3n) is 4.31. The topological polar surface area (TPSA) is 80.4 Å². The minimum absolute atomic E-state index is 0.0315. The van der Waals surface area contributed by atoms with Gasteiger partial charge in [0.05, 0.1) is 18.7 Å². The zero-order valence-electron chi connectivity index (χ0n) is 13.3. The van der Waals surface area contributed by atoms with Gasteiger partial charge < -0.3 is 19.7 Å². The van der Waals surface area contributed by atoms with Crippen LogP contribution in [-0.2, 0) is 17.5 Å². The Morgan fingerprint density at radius 1 is 1.16 bits per heavy atom. The van der Waals surface area contributed by atoms with E-state index in [-0.39, 0.29) is 19.0 Å². The molecule has 2 aromatic rings. The number of aliphatic hydroxyl groups is 1. The average molecular weight is 357 g/mol. The fourth-order valence-corrected chi connectivity index (χ4v) is 2.67. The van der Waals surface area contributed by atoms with Crippen molar-refractivity contribution in [1.29, 1.82) is 0 Å². The van der Waals surface area contributed by atoms with Crippen LogP contribution in [0.25, 0.3) is 11.4 Å². The molecule has 9 heteroatoms. The number of nitrogens with zero attached hydrogens (tertiary/aromatic N) is 2. The molecule has 0 radical (unpaired) electrons. The molecule has 2 heterocycles. The van der Waals surface area contributed by atoms with Gasteiger partial charge in [-0.3, -0.25) is 0 Å². The van der Waals surface area contributed by atoms with Crippen LogP contribution >= 0.6 is 0 Å². The van der Waals surface area contributed by atoms with E-state index in [9.17, 15) is 18.3 Å². The number of hydrogen-bond donors (Lipinski definition) is 2. The van der Waals surface area contributed by atoms with Crippen molar-refractivity contribution in [3.05, 3.63) is 35.7 Å². The molecule has 0 unspecified atom stereocenters. The van der Waals surface area contributed by atoms with Crippen molar-refractivity contribution < 1.29 is 27.5 Å². The van der Waals surface area contributed by atoms with Crippen LogP contribution in [-0.4, -0.2) is 40.6 Å². The van der Waals surface area contributed by atoms with E-state index in [0.29, 0.717) is 37.5 Å². The van der Waals surface area contributed by atoms with Gasteiger partial charge >= 0.3 is 6.18 Å². The van der Waals surface area contributed by atoms with E-state index in [1.54, 1.807) is 0 Å². The van der Waals surface area contributed by atoms with Gasteiger partial charge in [0.15, 0.2) is 0 Å². The van der Waals surface area contributed by atoms with Crippen LogP contribution in [0.2, 0.25) is 0 Å². The van der Waals surface area contributed by atoms with Gasteiger partial charge in [-0.15, -0.1) is 0 Å². The number of halogens is 3. The SMILES string of the molecule is OCC1(NCc2nc(-c3ccc(C(F)(F)F)cc3)no2)CCOCC1. The van der Waals surface area contributed by atoms with E-state index in [2.05, 4.69) is 15.5 Å². The van der Waals surface area contributed by atoms with E-state index in [1.807, 2.05) is 0 Å². The summed E-state index contributed by atoms with van der Waals surface area (Å²) in [6.07, 6.45) is -3.04. The van der Waals surface area contributed by atoms with Crippen molar-refractivity contribution in [2.75, 3.05) is 19.8 Å². The molecule has 1 aliphatic heterocycles. The van der Waals surface area contributed by atoms with Crippen LogP contribution in [0.3, 0.4) is 0 Å². The van der Waals surface area contributed by atoms with E-state index < -0.39 is 17.3 Å². The third-order valence-corrected chi connectivity index (χ3v) is 4.31. The summed E-state index contributed by atoms with van der Waals surface area (Å²) in [5, 5.41) is 16.6. The van der Waals surface area contributed by atoms with E-state index in [1.165, 1.54) is 12.1 Å². The largest absolute Gasteiger partial charge is 0.416 e. The number of hydrogen-bond acceptors (Lipinski definition) is 6. The second-order valence-corrected chi connectivity index (χ2v) is 5.99. The highest BCUT2D eigenvalue weighted by atomic mass is 19.4. The molecule has 0 atom stereocenters. The molecule has 136 valence electrons. The lowest BCUT2D eigenvalue weighted by atomic mass is 9.91. The van der Waals surface area contributed by atoms with Crippen LogP contribution in [0.1, 0.15) is 24.3 Å². The molecule has 0 aliphatic carbocycles. The molecule has 1 aromatic carbocycles. The lowest BCUT2D eigenvalue weighted by Crippen LogP contribution is -2.51. The van der Waals surface area contributed by atoms with Gasteiger partial charge in [-0.1, -0.05) is 17.3 Å². The summed E-state index contributed by atoms with van der Waals surface area (Å²) >= 11 is 0. The lowest BCUT2D eigenvalue weighted by molar-refractivity contribution is -0.137. The number of benzene rings is 1. The minimum atomic E-state index is -4.38. The normalized spacial score (nSPS) is 17.6. The summed E-state index contributed by atoms with van der Waals surface area (Å²) in [7, 11) is 0. The van der Waals surface area contributed by atoms with Crippen molar-refractivity contribution in [3.8, 4) is 11.4 Å². The van der Waals surface area contributed by atoms with Gasteiger partial charge in [-0.25, -0.2) is 0 Å². The Labute approximate surface area is 142 Å². The Morgan fingerprint density at radius 2 is 1.84 bits per heavy atom. The molecule has 0 spiro atoms. The molecule has 1 saturated heterocycles. The Hall–Kier alpha value is -1.97. The quantitative estimate of drug-likeness (QED) is 0.855. The summed E-state index contributed by atoms with van der Waals surface area (Å²) in [6.45, 7) is 1.35. The minimum Gasteiger partial charge on any atom is -0.394 e. The Balaban J connectivity index is 1.66. The van der Waals surface area contributed by atoms with Gasteiger partial charge in [-0.05, 0) is 25.0 Å². The fraction of sp³-hybridized carbons (Fsp3) is 0.500. The Bertz CT molecular complexity index is 695. The summed E-state index contributed by atoms with van der Waals surface area (Å²) < 4.78 is 48.2. The molecule has 1 aromatic heterocycles. The average Bonchev–Trinajstić information content (AvgIpc) is 3.09. The van der Waals surface area contributed by atoms with E-state index in [4.69, 9.17) is 9.26 Å². The maximum Gasteiger partial charge on any atom is 0.416 e. The lowest BCUT2D eigenvalue weighted by Gasteiger charge is -2.36. The second kappa shape index (κ2) is 7.11. The number of ether oxygens (including phenoxy) is 1. The fourth-order valence-electron chi connectivity index (χ4n) is 2.67. The highest BCUT2D eigenvalue weighted by Gasteiger charge is 2.32. The Kier molecular flexibility index (Phi) is 5.07. The molecule has 0 saturated carbocycles. The van der Waals surface area contributed by atoms with Crippen molar-refractivity contribution >= 4 is 0 Å². The first-order valence-electron chi connectivity index (χ1n) is 7.86. The standard InChI is InChI=1S/C16H18F3N3O3/c17-16(18,19)12-3-1-11(2-4-12)14-21-13(25-22-14)9-20-15(10-23)5-7-24-8-6-15/h1-4,20,23H,5-10H2. The molecular weight excluding hydrogens is 339 g/mol.